The molecule has 5 rings (SSSR count). The van der Waals surface area contributed by atoms with Crippen LogP contribution in [0.2, 0.25) is 0 Å². The van der Waals surface area contributed by atoms with Gasteiger partial charge in [-0.05, 0) is 72.3 Å². The van der Waals surface area contributed by atoms with Gasteiger partial charge in [-0.3, -0.25) is 14.9 Å². The average molecular weight is 489 g/mol. The van der Waals surface area contributed by atoms with E-state index in [0.717, 1.165) is 32.4 Å². The second kappa shape index (κ2) is 11.9. The van der Waals surface area contributed by atoms with Crippen molar-refractivity contribution in [2.24, 2.45) is 5.41 Å². The van der Waals surface area contributed by atoms with Crippen LogP contribution in [0.25, 0.3) is 0 Å². The van der Waals surface area contributed by atoms with Gasteiger partial charge in [0.05, 0.1) is 30.9 Å². The van der Waals surface area contributed by atoms with Crippen molar-refractivity contribution in [1.29, 1.82) is 5.26 Å². The Morgan fingerprint density at radius 3 is 2.19 bits per heavy atom. The second-order valence-corrected chi connectivity index (χ2v) is 9.98. The lowest BCUT2D eigenvalue weighted by Crippen LogP contribution is -2.34. The minimum Gasteiger partial charge on any atom is -0.376 e. The molecule has 0 spiro atoms. The zero-order chi connectivity index (χ0) is 25.3. The second-order valence-electron chi connectivity index (χ2n) is 9.98. The van der Waals surface area contributed by atoms with Gasteiger partial charge in [-0.1, -0.05) is 54.6 Å². The summed E-state index contributed by atoms with van der Waals surface area (Å²) in [5.74, 6) is 0. The summed E-state index contributed by atoms with van der Waals surface area (Å²) in [6.07, 6.45) is 10.6. The largest absolute Gasteiger partial charge is 0.376 e. The fraction of sp³-hybridized carbons (Fsp3) is 0.281. The van der Waals surface area contributed by atoms with Crippen LogP contribution in [0.3, 0.4) is 0 Å². The standard InChI is InChI=1S/C32H32N4O/c33-20-27-12-10-26(11-13-27)14-15-32(25-37-23-28-6-2-1-3-7-28)16-19-36(24-32)31(29-8-4-17-34-21-29)30-9-5-18-35-22-30/h1-13,17-18,21-22,31H,14-16,19,23-25H2/t32-/m0/s1. The predicted octanol–water partition coefficient (Wildman–Crippen LogP) is 5.98. The smallest absolute Gasteiger partial charge is 0.0991 e. The minimum absolute atomic E-state index is 0.0331. The normalized spacial score (nSPS) is 17.6. The lowest BCUT2D eigenvalue weighted by atomic mass is 9.81. The Bertz CT molecular complexity index is 1250. The molecule has 0 aliphatic carbocycles. The fourth-order valence-corrected chi connectivity index (χ4v) is 5.39. The molecule has 2 aromatic heterocycles. The molecule has 1 atom stereocenters. The van der Waals surface area contributed by atoms with Crippen LogP contribution < -0.4 is 0 Å². The third kappa shape index (κ3) is 6.29. The van der Waals surface area contributed by atoms with Crippen molar-refractivity contribution >= 4 is 0 Å². The van der Waals surface area contributed by atoms with E-state index in [4.69, 9.17) is 10.00 Å². The Morgan fingerprint density at radius 2 is 1.57 bits per heavy atom. The summed E-state index contributed by atoms with van der Waals surface area (Å²) in [4.78, 5) is 11.4. The number of rotatable bonds is 10. The molecule has 4 aromatic rings. The van der Waals surface area contributed by atoms with Gasteiger partial charge >= 0.3 is 0 Å². The summed E-state index contributed by atoms with van der Waals surface area (Å²) in [6, 6.07) is 29.0. The topological polar surface area (TPSA) is 62.0 Å². The number of pyridine rings is 2. The molecule has 2 aromatic carbocycles. The molecule has 1 aliphatic heterocycles. The van der Waals surface area contributed by atoms with E-state index in [9.17, 15) is 0 Å². The Kier molecular flexibility index (Phi) is 8.00. The third-order valence-electron chi connectivity index (χ3n) is 7.38. The van der Waals surface area contributed by atoms with Crippen molar-refractivity contribution < 1.29 is 4.74 Å². The Balaban J connectivity index is 1.36. The van der Waals surface area contributed by atoms with E-state index in [2.05, 4.69) is 69.5 Å². The van der Waals surface area contributed by atoms with Crippen molar-refractivity contribution in [3.8, 4) is 6.07 Å². The zero-order valence-corrected chi connectivity index (χ0v) is 21.0. The Morgan fingerprint density at radius 1 is 0.865 bits per heavy atom. The first-order valence-corrected chi connectivity index (χ1v) is 12.9. The fourth-order valence-electron chi connectivity index (χ4n) is 5.39. The summed E-state index contributed by atoms with van der Waals surface area (Å²) in [6.45, 7) is 3.25. The van der Waals surface area contributed by atoms with Crippen LogP contribution in [0.1, 0.15) is 46.7 Å². The summed E-state index contributed by atoms with van der Waals surface area (Å²) < 4.78 is 6.38. The molecule has 1 aliphatic rings. The van der Waals surface area contributed by atoms with E-state index in [1.807, 2.05) is 55.1 Å². The summed E-state index contributed by atoms with van der Waals surface area (Å²) >= 11 is 0. The molecule has 0 unspecified atom stereocenters. The molecule has 1 fully saturated rings. The SMILES string of the molecule is N#Cc1ccc(CC[C@]2(COCc3ccccc3)CCN(C(c3cccnc3)c3cccnc3)C2)cc1. The van der Waals surface area contributed by atoms with Crippen molar-refractivity contribution in [1.82, 2.24) is 14.9 Å². The van der Waals surface area contributed by atoms with Crippen LogP contribution in [0.5, 0.6) is 0 Å². The maximum Gasteiger partial charge on any atom is 0.0991 e. The highest BCUT2D eigenvalue weighted by Gasteiger charge is 2.41. The third-order valence-corrected chi connectivity index (χ3v) is 7.38. The zero-order valence-electron chi connectivity index (χ0n) is 21.0. The van der Waals surface area contributed by atoms with Crippen molar-refractivity contribution in [3.05, 3.63) is 131 Å². The first-order valence-electron chi connectivity index (χ1n) is 12.9. The highest BCUT2D eigenvalue weighted by Crippen LogP contribution is 2.41. The van der Waals surface area contributed by atoms with Gasteiger partial charge in [0, 0.05) is 36.7 Å². The number of aromatic nitrogens is 2. The molecule has 1 saturated heterocycles. The van der Waals surface area contributed by atoms with E-state index in [-0.39, 0.29) is 11.5 Å². The lowest BCUT2D eigenvalue weighted by Gasteiger charge is -2.33. The molecule has 0 N–H and O–H groups in total. The minimum atomic E-state index is 0.0331. The molecular formula is C32H32N4O. The van der Waals surface area contributed by atoms with Gasteiger partial charge in [0.2, 0.25) is 0 Å². The number of likely N-dealkylation sites (tertiary alicyclic amines) is 1. The van der Waals surface area contributed by atoms with Crippen LogP contribution in [-0.4, -0.2) is 34.6 Å². The van der Waals surface area contributed by atoms with Gasteiger partial charge in [-0.2, -0.15) is 5.26 Å². The number of nitriles is 1. The van der Waals surface area contributed by atoms with Crippen LogP contribution in [0, 0.1) is 16.7 Å². The van der Waals surface area contributed by atoms with Gasteiger partial charge in [-0.15, -0.1) is 0 Å². The maximum atomic E-state index is 9.15. The monoisotopic (exact) mass is 488 g/mol. The van der Waals surface area contributed by atoms with E-state index in [1.165, 1.54) is 22.3 Å². The summed E-state index contributed by atoms with van der Waals surface area (Å²) in [5, 5.41) is 9.15. The number of benzene rings is 2. The molecule has 3 heterocycles. The van der Waals surface area contributed by atoms with Crippen LogP contribution in [-0.2, 0) is 17.8 Å². The van der Waals surface area contributed by atoms with Crippen molar-refractivity contribution in [2.75, 3.05) is 19.7 Å². The molecule has 0 saturated carbocycles. The van der Waals surface area contributed by atoms with Gasteiger partial charge in [-0.25, -0.2) is 0 Å². The molecule has 37 heavy (non-hydrogen) atoms. The number of hydrogen-bond donors (Lipinski definition) is 0. The van der Waals surface area contributed by atoms with Gasteiger partial charge in [0.1, 0.15) is 0 Å². The predicted molar refractivity (Wildman–Crippen MR) is 145 cm³/mol. The van der Waals surface area contributed by atoms with E-state index >= 15 is 0 Å². The number of nitrogens with zero attached hydrogens (tertiary/aromatic N) is 4. The molecule has 0 bridgehead atoms. The summed E-state index contributed by atoms with van der Waals surface area (Å²) in [7, 11) is 0. The van der Waals surface area contributed by atoms with Crippen LogP contribution in [0.4, 0.5) is 0 Å². The molecule has 0 radical (unpaired) electrons. The lowest BCUT2D eigenvalue weighted by molar-refractivity contribution is 0.0308. The van der Waals surface area contributed by atoms with E-state index in [1.54, 1.807) is 0 Å². The Hall–Kier alpha value is -3.85. The first kappa shape index (κ1) is 24.8. The number of ether oxygens (including phenoxy) is 1. The number of aryl methyl sites for hydroxylation is 1. The Labute approximate surface area is 219 Å². The maximum absolute atomic E-state index is 9.15. The van der Waals surface area contributed by atoms with E-state index < -0.39 is 0 Å². The van der Waals surface area contributed by atoms with Gasteiger partial charge in [0.15, 0.2) is 0 Å². The molecule has 5 nitrogen and oxygen atoms in total. The van der Waals surface area contributed by atoms with Crippen LogP contribution in [0.15, 0.2) is 104 Å². The highest BCUT2D eigenvalue weighted by atomic mass is 16.5. The molecular weight excluding hydrogens is 456 g/mol. The molecule has 5 heteroatoms. The van der Waals surface area contributed by atoms with Crippen molar-refractivity contribution in [3.63, 3.8) is 0 Å². The molecule has 0 amide bonds. The van der Waals surface area contributed by atoms with Crippen LogP contribution >= 0.6 is 0 Å². The quantitative estimate of drug-likeness (QED) is 0.275. The van der Waals surface area contributed by atoms with Gasteiger partial charge in [0.25, 0.3) is 0 Å². The van der Waals surface area contributed by atoms with E-state index in [0.29, 0.717) is 18.8 Å². The van der Waals surface area contributed by atoms with Gasteiger partial charge < -0.3 is 4.74 Å². The average Bonchev–Trinajstić information content (AvgIpc) is 3.38. The first-order chi connectivity index (χ1) is 18.2. The highest BCUT2D eigenvalue weighted by molar-refractivity contribution is 5.32. The molecule has 186 valence electrons. The number of hydrogen-bond acceptors (Lipinski definition) is 5. The van der Waals surface area contributed by atoms with Crippen molar-refractivity contribution in [2.45, 2.75) is 31.9 Å². The summed E-state index contributed by atoms with van der Waals surface area (Å²) in [5.41, 5.74) is 5.56.